The van der Waals surface area contributed by atoms with E-state index in [0.29, 0.717) is 6.42 Å². The van der Waals surface area contributed by atoms with Crippen LogP contribution in [0.3, 0.4) is 0 Å². The summed E-state index contributed by atoms with van der Waals surface area (Å²) in [6.45, 7) is 4.21. The van der Waals surface area contributed by atoms with Gasteiger partial charge in [0.1, 0.15) is 18.3 Å². The molecule has 0 atom stereocenters. The second-order valence-electron chi connectivity index (χ2n) is 6.79. The lowest BCUT2D eigenvalue weighted by Gasteiger charge is -1.99. The molecule has 5 nitrogen and oxygen atoms in total. The van der Waals surface area contributed by atoms with Gasteiger partial charge in [0.2, 0.25) is 0 Å². The third-order valence-corrected chi connectivity index (χ3v) is 4.14. The van der Waals surface area contributed by atoms with E-state index in [1.54, 1.807) is 6.07 Å². The summed E-state index contributed by atoms with van der Waals surface area (Å²) in [4.78, 5) is 18.9. The Labute approximate surface area is 188 Å². The number of phenols is 2. The van der Waals surface area contributed by atoms with Crippen LogP contribution in [0.5, 0.6) is 11.5 Å². The average molecular weight is 433 g/mol. The molecule has 0 fully saturated rings. The quantitative estimate of drug-likeness (QED) is 0.207. The number of ether oxygens (including phenoxy) is 1. The molecule has 0 saturated heterocycles. The molecule has 0 aliphatic rings. The summed E-state index contributed by atoms with van der Waals surface area (Å²) in [5.74, 6) is 0.0865. The number of hydrogen-bond acceptors (Lipinski definition) is 5. The number of carbonyl (C=O) groups is 2. The van der Waals surface area contributed by atoms with E-state index in [4.69, 9.17) is 15.0 Å². The van der Waals surface area contributed by atoms with Crippen molar-refractivity contribution in [2.45, 2.75) is 71.1 Å². The van der Waals surface area contributed by atoms with Gasteiger partial charge < -0.3 is 19.7 Å². The Kier molecular flexibility index (Phi) is 24.7. The van der Waals surface area contributed by atoms with Gasteiger partial charge in [-0.25, -0.2) is 0 Å². The van der Waals surface area contributed by atoms with Gasteiger partial charge in [-0.3, -0.25) is 4.79 Å². The number of hydrogen-bond donors (Lipinski definition) is 2. The molecule has 31 heavy (non-hydrogen) atoms. The minimum Gasteiger partial charge on any atom is -0.508 e. The number of rotatable bonds is 13. The van der Waals surface area contributed by atoms with E-state index in [-0.39, 0.29) is 17.5 Å². The maximum absolute atomic E-state index is 10.9. The molecule has 0 unspecified atom stereocenters. The Bertz CT molecular complexity index is 603. The number of esters is 1. The van der Waals surface area contributed by atoms with E-state index in [9.17, 15) is 4.79 Å². The molecular formula is C26H40O5. The Balaban J connectivity index is 0. The first-order valence-corrected chi connectivity index (χ1v) is 10.9. The van der Waals surface area contributed by atoms with Gasteiger partial charge in [-0.15, -0.1) is 0 Å². The molecule has 1 aromatic carbocycles. The molecular weight excluding hydrogens is 392 g/mol. The molecule has 0 radical (unpaired) electrons. The topological polar surface area (TPSA) is 83.8 Å². The number of aromatic hydroxyl groups is 2. The van der Waals surface area contributed by atoms with Crippen LogP contribution in [0.4, 0.5) is 0 Å². The maximum Gasteiger partial charge on any atom is 0.305 e. The van der Waals surface area contributed by atoms with E-state index in [0.717, 1.165) is 19.3 Å². The number of methoxy groups -OCH3 is 1. The van der Waals surface area contributed by atoms with Crippen molar-refractivity contribution in [2.75, 3.05) is 7.11 Å². The molecule has 0 aromatic heterocycles. The van der Waals surface area contributed by atoms with E-state index in [2.05, 4.69) is 48.1 Å². The van der Waals surface area contributed by atoms with Crippen LogP contribution in [-0.2, 0) is 14.3 Å². The fourth-order valence-electron chi connectivity index (χ4n) is 2.46. The summed E-state index contributed by atoms with van der Waals surface area (Å²) in [6.07, 6.45) is 24.1. The van der Waals surface area contributed by atoms with Gasteiger partial charge in [0.05, 0.1) is 7.11 Å². The summed E-state index contributed by atoms with van der Waals surface area (Å²) in [5.41, 5.74) is 0. The number of unbranched alkanes of at least 4 members (excludes halogenated alkanes) is 7. The van der Waals surface area contributed by atoms with Crippen molar-refractivity contribution >= 4 is 12.8 Å². The van der Waals surface area contributed by atoms with Gasteiger partial charge >= 0.3 is 5.97 Å². The van der Waals surface area contributed by atoms with E-state index in [1.165, 1.54) is 63.8 Å². The van der Waals surface area contributed by atoms with Gasteiger partial charge in [-0.2, -0.15) is 0 Å². The van der Waals surface area contributed by atoms with E-state index < -0.39 is 0 Å². The summed E-state index contributed by atoms with van der Waals surface area (Å²) >= 11 is 0. The summed E-state index contributed by atoms with van der Waals surface area (Å²) in [7, 11) is 1.45. The van der Waals surface area contributed by atoms with Gasteiger partial charge in [0, 0.05) is 12.5 Å². The van der Waals surface area contributed by atoms with Gasteiger partial charge in [0.15, 0.2) is 0 Å². The van der Waals surface area contributed by atoms with Gasteiger partial charge in [-0.1, -0.05) is 81.6 Å². The van der Waals surface area contributed by atoms with Crippen LogP contribution in [0.25, 0.3) is 0 Å². The van der Waals surface area contributed by atoms with Crippen molar-refractivity contribution in [1.29, 1.82) is 0 Å². The van der Waals surface area contributed by atoms with E-state index in [1.807, 2.05) is 6.79 Å². The standard InChI is InChI=1S/C19H32O2.C6H6O2.CH2O/c1-3-4-5-6-7-8-9-10-11-12-13-14-15-16-17-18-19(20)21-2;7-5-2-1-3-6(8)4-5;1-2/h6-11H,3-5,12-18H2,1-2H3;1-4,7-8H;1H2. The molecule has 0 saturated carbocycles. The minimum atomic E-state index is -0.0894. The van der Waals surface area contributed by atoms with Crippen molar-refractivity contribution in [1.82, 2.24) is 0 Å². The lowest BCUT2D eigenvalue weighted by molar-refractivity contribution is -0.140. The molecule has 1 rings (SSSR count). The smallest absolute Gasteiger partial charge is 0.305 e. The molecule has 0 amide bonds. The predicted molar refractivity (Wildman–Crippen MR) is 128 cm³/mol. The van der Waals surface area contributed by atoms with Crippen LogP contribution in [-0.4, -0.2) is 30.1 Å². The third kappa shape index (κ3) is 25.1. The van der Waals surface area contributed by atoms with Crippen molar-refractivity contribution in [3.63, 3.8) is 0 Å². The Morgan fingerprint density at radius 2 is 1.39 bits per heavy atom. The van der Waals surface area contributed by atoms with Crippen LogP contribution in [0, 0.1) is 0 Å². The molecule has 174 valence electrons. The first kappa shape index (κ1) is 30.4. The van der Waals surface area contributed by atoms with Gasteiger partial charge in [-0.05, 0) is 37.8 Å². The molecule has 2 N–H and O–H groups in total. The summed E-state index contributed by atoms with van der Waals surface area (Å²) in [5, 5.41) is 17.3. The lowest BCUT2D eigenvalue weighted by Crippen LogP contribution is -1.98. The molecule has 0 bridgehead atoms. The Morgan fingerprint density at radius 1 is 0.871 bits per heavy atom. The molecule has 0 heterocycles. The second kappa shape index (κ2) is 25.2. The van der Waals surface area contributed by atoms with Crippen LogP contribution in [0.15, 0.2) is 60.7 Å². The summed E-state index contributed by atoms with van der Waals surface area (Å²) < 4.78 is 4.61. The number of phenolic OH excluding ortho intramolecular Hbond substituents is 2. The molecule has 5 heteroatoms. The average Bonchev–Trinajstić information content (AvgIpc) is 2.78. The Hall–Kier alpha value is -2.82. The molecule has 1 aromatic rings. The number of carbonyl (C=O) groups excluding carboxylic acids is 2. The number of allylic oxidation sites excluding steroid dienone is 6. The van der Waals surface area contributed by atoms with Gasteiger partial charge in [0.25, 0.3) is 0 Å². The molecule has 0 aliphatic carbocycles. The highest BCUT2D eigenvalue weighted by Crippen LogP contribution is 2.14. The fraction of sp³-hybridized carbons (Fsp3) is 0.462. The molecule has 0 spiro atoms. The third-order valence-electron chi connectivity index (χ3n) is 4.14. The van der Waals surface area contributed by atoms with Crippen molar-refractivity contribution < 1.29 is 24.5 Å². The zero-order chi connectivity index (χ0) is 23.6. The Morgan fingerprint density at radius 3 is 1.87 bits per heavy atom. The SMILES string of the molecule is C=O.CCCCC=CC=CC=CCCCCCCCC(=O)OC.Oc1cccc(O)c1. The fourth-order valence-corrected chi connectivity index (χ4v) is 2.46. The normalized spacial score (nSPS) is 10.5. The first-order valence-electron chi connectivity index (χ1n) is 10.9. The monoisotopic (exact) mass is 432 g/mol. The largest absolute Gasteiger partial charge is 0.508 e. The summed E-state index contributed by atoms with van der Waals surface area (Å²) in [6, 6.07) is 5.85. The van der Waals surface area contributed by atoms with Crippen LogP contribution < -0.4 is 0 Å². The molecule has 0 aliphatic heterocycles. The van der Waals surface area contributed by atoms with E-state index >= 15 is 0 Å². The second-order valence-corrected chi connectivity index (χ2v) is 6.79. The highest BCUT2D eigenvalue weighted by molar-refractivity contribution is 5.68. The predicted octanol–water partition coefficient (Wildman–Crippen LogP) is 6.66. The zero-order valence-corrected chi connectivity index (χ0v) is 19.2. The van der Waals surface area contributed by atoms with Crippen LogP contribution >= 0.6 is 0 Å². The number of benzene rings is 1. The van der Waals surface area contributed by atoms with Crippen LogP contribution in [0.2, 0.25) is 0 Å². The highest BCUT2D eigenvalue weighted by atomic mass is 16.5. The highest BCUT2D eigenvalue weighted by Gasteiger charge is 1.98. The van der Waals surface area contributed by atoms with Crippen molar-refractivity contribution in [3.8, 4) is 11.5 Å². The lowest BCUT2D eigenvalue weighted by atomic mass is 10.1. The van der Waals surface area contributed by atoms with Crippen molar-refractivity contribution in [3.05, 3.63) is 60.7 Å². The van der Waals surface area contributed by atoms with Crippen molar-refractivity contribution in [2.24, 2.45) is 0 Å². The minimum absolute atomic E-state index is 0.0880. The van der Waals surface area contributed by atoms with Crippen LogP contribution in [0.1, 0.15) is 71.1 Å². The zero-order valence-electron chi connectivity index (χ0n) is 19.2. The first-order chi connectivity index (χ1) is 15.1. The maximum atomic E-state index is 10.9.